The van der Waals surface area contributed by atoms with Gasteiger partial charge in [0, 0.05) is 17.4 Å². The fraction of sp³-hybridized carbons (Fsp3) is 0.211. The van der Waals surface area contributed by atoms with Crippen LogP contribution in [0.1, 0.15) is 16.8 Å². The van der Waals surface area contributed by atoms with Crippen LogP contribution in [0.4, 0.5) is 10.2 Å². The number of carbonyl (C=O) groups is 2. The maximum absolute atomic E-state index is 12.2. The lowest BCUT2D eigenvalue weighted by Crippen LogP contribution is -2.32. The molecule has 2 amide bonds. The van der Waals surface area contributed by atoms with E-state index in [2.05, 4.69) is 20.8 Å². The first-order chi connectivity index (χ1) is 13.2. The molecule has 0 bridgehead atoms. The van der Waals surface area contributed by atoms with E-state index in [1.807, 2.05) is 6.07 Å². The zero-order valence-electron chi connectivity index (χ0n) is 14.5. The van der Waals surface area contributed by atoms with E-state index in [0.29, 0.717) is 28.9 Å². The number of rotatable bonds is 8. The molecule has 0 atom stereocenters. The van der Waals surface area contributed by atoms with Crippen LogP contribution >= 0.6 is 0 Å². The average molecular weight is 370 g/mol. The van der Waals surface area contributed by atoms with Crippen LogP contribution in [0.25, 0.3) is 10.9 Å². The number of anilines is 1. The van der Waals surface area contributed by atoms with Gasteiger partial charge in [0.15, 0.2) is 5.82 Å². The van der Waals surface area contributed by atoms with Crippen molar-refractivity contribution in [1.82, 2.24) is 15.5 Å². The number of nitrogens with zero attached hydrogens (tertiary/aromatic N) is 1. The molecule has 8 heteroatoms. The summed E-state index contributed by atoms with van der Waals surface area (Å²) in [5.74, 6) is 0.155. The van der Waals surface area contributed by atoms with Gasteiger partial charge in [0.2, 0.25) is 5.91 Å². The highest BCUT2D eigenvalue weighted by molar-refractivity contribution is 6.03. The second-order valence-corrected chi connectivity index (χ2v) is 5.77. The first-order valence-electron chi connectivity index (χ1n) is 8.47. The van der Waals surface area contributed by atoms with Gasteiger partial charge in [-0.1, -0.05) is 18.2 Å². The second kappa shape index (κ2) is 8.79. The fourth-order valence-corrected chi connectivity index (χ4v) is 2.45. The second-order valence-electron chi connectivity index (χ2n) is 5.77. The van der Waals surface area contributed by atoms with E-state index in [4.69, 9.17) is 4.74 Å². The van der Waals surface area contributed by atoms with Gasteiger partial charge in [-0.05, 0) is 30.3 Å². The topological polar surface area (TPSA) is 96.1 Å². The number of amides is 2. The highest BCUT2D eigenvalue weighted by Crippen LogP contribution is 2.25. The zero-order chi connectivity index (χ0) is 19.1. The van der Waals surface area contributed by atoms with Gasteiger partial charge in [-0.2, -0.15) is 5.10 Å². The Bertz CT molecular complexity index is 927. The van der Waals surface area contributed by atoms with Gasteiger partial charge >= 0.3 is 0 Å². The van der Waals surface area contributed by atoms with Crippen molar-refractivity contribution in [3.63, 3.8) is 0 Å². The minimum atomic E-state index is -0.441. The Kier molecular flexibility index (Phi) is 5.98. The van der Waals surface area contributed by atoms with Crippen molar-refractivity contribution >= 4 is 28.5 Å². The molecule has 0 radical (unpaired) electrons. The van der Waals surface area contributed by atoms with Crippen LogP contribution < -0.4 is 15.4 Å². The summed E-state index contributed by atoms with van der Waals surface area (Å²) < 4.78 is 17.6. The Morgan fingerprint density at radius 3 is 2.74 bits per heavy atom. The van der Waals surface area contributed by atoms with Gasteiger partial charge in [-0.3, -0.25) is 19.1 Å². The number of nitrogens with one attached hydrogen (secondary N) is 3. The van der Waals surface area contributed by atoms with E-state index < -0.39 is 12.6 Å². The number of fused-ring (bicyclic) bond motifs is 1. The highest BCUT2D eigenvalue weighted by atomic mass is 19.1. The van der Waals surface area contributed by atoms with Crippen LogP contribution in [0, 0.1) is 0 Å². The molecule has 27 heavy (non-hydrogen) atoms. The monoisotopic (exact) mass is 370 g/mol. The van der Waals surface area contributed by atoms with Crippen molar-refractivity contribution < 1.29 is 18.7 Å². The third-order valence-electron chi connectivity index (χ3n) is 3.78. The summed E-state index contributed by atoms with van der Waals surface area (Å²) in [5, 5.41) is 12.8. The number of carbonyl (C=O) groups excluding carboxylic acids is 2. The SMILES string of the molecule is O=C(CNC(=O)c1ccccc1)Nc1n[nH]c2ccc(OCCCF)cc12. The van der Waals surface area contributed by atoms with Crippen LogP contribution in [-0.2, 0) is 4.79 Å². The van der Waals surface area contributed by atoms with Gasteiger partial charge in [-0.25, -0.2) is 0 Å². The molecule has 7 nitrogen and oxygen atoms in total. The summed E-state index contributed by atoms with van der Waals surface area (Å²) in [5.41, 5.74) is 1.20. The van der Waals surface area contributed by atoms with Crippen LogP contribution in [0.3, 0.4) is 0 Å². The van der Waals surface area contributed by atoms with Crippen molar-refractivity contribution in [2.75, 3.05) is 25.1 Å². The van der Waals surface area contributed by atoms with E-state index in [0.717, 1.165) is 5.52 Å². The molecule has 1 heterocycles. The molecular formula is C19H19FN4O3. The predicted molar refractivity (Wildman–Crippen MR) is 99.6 cm³/mol. The normalized spacial score (nSPS) is 10.6. The molecule has 0 fully saturated rings. The molecule has 1 aromatic heterocycles. The van der Waals surface area contributed by atoms with Gasteiger partial charge in [-0.15, -0.1) is 0 Å². The minimum Gasteiger partial charge on any atom is -0.493 e. The molecule has 0 aliphatic carbocycles. The first-order valence-corrected chi connectivity index (χ1v) is 8.47. The van der Waals surface area contributed by atoms with Gasteiger partial charge in [0.25, 0.3) is 5.91 Å². The maximum Gasteiger partial charge on any atom is 0.251 e. The van der Waals surface area contributed by atoms with E-state index >= 15 is 0 Å². The number of alkyl halides is 1. The molecule has 3 N–H and O–H groups in total. The fourth-order valence-electron chi connectivity index (χ4n) is 2.45. The number of halogens is 1. The molecule has 3 aromatic rings. The summed E-state index contributed by atoms with van der Waals surface area (Å²) in [6.07, 6.45) is 0.314. The average Bonchev–Trinajstić information content (AvgIpc) is 3.09. The van der Waals surface area contributed by atoms with Gasteiger partial charge in [0.1, 0.15) is 5.75 Å². The molecule has 0 saturated heterocycles. The molecule has 0 unspecified atom stereocenters. The Balaban J connectivity index is 1.60. The number of hydrogen-bond donors (Lipinski definition) is 3. The van der Waals surface area contributed by atoms with E-state index in [1.165, 1.54) is 0 Å². The van der Waals surface area contributed by atoms with Crippen LogP contribution in [0.2, 0.25) is 0 Å². The van der Waals surface area contributed by atoms with Gasteiger partial charge < -0.3 is 15.4 Å². The van der Waals surface area contributed by atoms with E-state index in [-0.39, 0.29) is 19.1 Å². The van der Waals surface area contributed by atoms with Crippen molar-refractivity contribution in [3.8, 4) is 5.75 Å². The summed E-state index contributed by atoms with van der Waals surface area (Å²) in [6.45, 7) is -0.355. The predicted octanol–water partition coefficient (Wildman–Crippen LogP) is 2.67. The number of aromatic amines is 1. The minimum absolute atomic E-state index is 0.186. The van der Waals surface area contributed by atoms with Crippen molar-refractivity contribution in [3.05, 3.63) is 54.1 Å². The lowest BCUT2D eigenvalue weighted by Gasteiger charge is -2.07. The molecule has 140 valence electrons. The Labute approximate surface area is 154 Å². The third-order valence-corrected chi connectivity index (χ3v) is 3.78. The Morgan fingerprint density at radius 2 is 1.96 bits per heavy atom. The van der Waals surface area contributed by atoms with Crippen molar-refractivity contribution in [2.24, 2.45) is 0 Å². The van der Waals surface area contributed by atoms with Crippen molar-refractivity contribution in [2.45, 2.75) is 6.42 Å². The van der Waals surface area contributed by atoms with Crippen LogP contribution in [-0.4, -0.2) is 41.8 Å². The number of H-pyrrole nitrogens is 1. The molecule has 0 spiro atoms. The molecule has 2 aromatic carbocycles. The van der Waals surface area contributed by atoms with Gasteiger partial charge in [0.05, 0.1) is 25.3 Å². The molecule has 0 aliphatic heterocycles. The third kappa shape index (κ3) is 4.81. The van der Waals surface area contributed by atoms with E-state index in [9.17, 15) is 14.0 Å². The maximum atomic E-state index is 12.2. The van der Waals surface area contributed by atoms with Crippen LogP contribution in [0.5, 0.6) is 5.75 Å². The Morgan fingerprint density at radius 1 is 1.15 bits per heavy atom. The summed E-state index contributed by atoms with van der Waals surface area (Å²) in [4.78, 5) is 24.1. The quantitative estimate of drug-likeness (QED) is 0.531. The molecule has 0 aliphatic rings. The summed E-state index contributed by atoms with van der Waals surface area (Å²) >= 11 is 0. The highest BCUT2D eigenvalue weighted by Gasteiger charge is 2.12. The lowest BCUT2D eigenvalue weighted by molar-refractivity contribution is -0.115. The molecule has 0 saturated carbocycles. The number of hydrogen-bond acceptors (Lipinski definition) is 4. The summed E-state index contributed by atoms with van der Waals surface area (Å²) in [6, 6.07) is 13.9. The number of benzene rings is 2. The molecular weight excluding hydrogens is 351 g/mol. The largest absolute Gasteiger partial charge is 0.493 e. The van der Waals surface area contributed by atoms with Crippen LogP contribution in [0.15, 0.2) is 48.5 Å². The van der Waals surface area contributed by atoms with Crippen molar-refractivity contribution in [1.29, 1.82) is 0 Å². The zero-order valence-corrected chi connectivity index (χ0v) is 14.5. The Hall–Kier alpha value is -3.42. The number of aromatic nitrogens is 2. The standard InChI is InChI=1S/C19H19FN4O3/c20-9-4-10-27-14-7-8-16-15(11-14)18(24-23-16)22-17(25)12-21-19(26)13-5-2-1-3-6-13/h1-3,5-8,11H,4,9-10,12H2,(H,21,26)(H2,22,23,24,25). The smallest absolute Gasteiger partial charge is 0.251 e. The lowest BCUT2D eigenvalue weighted by atomic mass is 10.2. The molecule has 3 rings (SSSR count). The number of ether oxygens (including phenoxy) is 1. The summed E-state index contributed by atoms with van der Waals surface area (Å²) in [7, 11) is 0. The first kappa shape index (κ1) is 18.4. The van der Waals surface area contributed by atoms with E-state index in [1.54, 1.807) is 42.5 Å².